The Morgan fingerprint density at radius 2 is 1.81 bits per heavy atom. The molecule has 2 rings (SSSR count). The van der Waals surface area contributed by atoms with Crippen LogP contribution >= 0.6 is 11.6 Å². The Morgan fingerprint density at radius 1 is 1.13 bits per heavy atom. The second-order valence-corrected chi connectivity index (χ2v) is 9.15. The van der Waals surface area contributed by atoms with Crippen molar-refractivity contribution in [1.29, 1.82) is 0 Å². The number of nitrogens with zero attached hydrogens (tertiary/aromatic N) is 2. The van der Waals surface area contributed by atoms with Crippen LogP contribution in [0.1, 0.15) is 12.5 Å². The van der Waals surface area contributed by atoms with E-state index in [1.54, 1.807) is 24.3 Å². The highest BCUT2D eigenvalue weighted by Gasteiger charge is 2.30. The van der Waals surface area contributed by atoms with Gasteiger partial charge in [0.1, 0.15) is 12.6 Å². The Morgan fingerprint density at radius 3 is 2.35 bits per heavy atom. The maximum atomic E-state index is 13.7. The summed E-state index contributed by atoms with van der Waals surface area (Å²) in [4.78, 5) is 26.5. The largest absolute Gasteiger partial charge is 0.357 e. The predicted molar refractivity (Wildman–Crippen MR) is 114 cm³/mol. The van der Waals surface area contributed by atoms with E-state index in [1.807, 2.05) is 0 Å². The number of likely N-dealkylation sites (N-methyl/N-ethyl adjacent to an activating group) is 1. The summed E-state index contributed by atoms with van der Waals surface area (Å²) in [6.07, 6.45) is 0.838. The minimum atomic E-state index is -4.03. The maximum absolute atomic E-state index is 13.7. The van der Waals surface area contributed by atoms with E-state index in [4.69, 9.17) is 11.6 Å². The first-order valence-electron chi connectivity index (χ1n) is 9.12. The zero-order valence-electron chi connectivity index (χ0n) is 17.1. The molecule has 0 aliphatic heterocycles. The van der Waals surface area contributed by atoms with Crippen molar-refractivity contribution in [2.24, 2.45) is 0 Å². The highest BCUT2D eigenvalue weighted by Crippen LogP contribution is 2.22. The van der Waals surface area contributed by atoms with Crippen LogP contribution < -0.4 is 9.62 Å². The van der Waals surface area contributed by atoms with Crippen molar-refractivity contribution >= 4 is 39.1 Å². The number of halogens is 3. The molecular weight excluding hydrogens is 452 g/mol. The molecule has 0 aromatic heterocycles. The minimum Gasteiger partial charge on any atom is -0.357 e. The van der Waals surface area contributed by atoms with E-state index in [-0.39, 0.29) is 12.2 Å². The van der Waals surface area contributed by atoms with Gasteiger partial charge in [0.25, 0.3) is 0 Å². The van der Waals surface area contributed by atoms with Crippen LogP contribution in [0.2, 0.25) is 5.02 Å². The topological polar surface area (TPSA) is 86.8 Å². The van der Waals surface area contributed by atoms with Crippen molar-refractivity contribution in [3.05, 3.63) is 64.7 Å². The summed E-state index contributed by atoms with van der Waals surface area (Å²) >= 11 is 5.99. The summed E-state index contributed by atoms with van der Waals surface area (Å²) in [6, 6.07) is 8.20. The SMILES string of the molecule is CNC(=O)C(C)N(Cc1cccc(Cl)c1)C(=O)CN(c1ccc(F)c(F)c1)S(C)(=O)=O. The number of carbonyl (C=O) groups is 2. The van der Waals surface area contributed by atoms with E-state index in [0.29, 0.717) is 21.0 Å². The monoisotopic (exact) mass is 473 g/mol. The van der Waals surface area contributed by atoms with Crippen LogP contribution in [0.5, 0.6) is 0 Å². The van der Waals surface area contributed by atoms with Crippen molar-refractivity contribution in [1.82, 2.24) is 10.2 Å². The van der Waals surface area contributed by atoms with Crippen molar-refractivity contribution in [2.45, 2.75) is 19.5 Å². The van der Waals surface area contributed by atoms with Crippen molar-refractivity contribution in [3.63, 3.8) is 0 Å². The lowest BCUT2D eigenvalue weighted by Gasteiger charge is -2.31. The van der Waals surface area contributed by atoms with Crippen molar-refractivity contribution in [2.75, 3.05) is 24.2 Å². The third-order valence-electron chi connectivity index (χ3n) is 4.53. The van der Waals surface area contributed by atoms with Gasteiger partial charge in [-0.25, -0.2) is 17.2 Å². The Hall–Kier alpha value is -2.72. The van der Waals surface area contributed by atoms with E-state index in [0.717, 1.165) is 18.4 Å². The summed E-state index contributed by atoms with van der Waals surface area (Å²) in [7, 11) is -2.62. The standard InChI is InChI=1S/C20H22ClF2N3O4S/c1-13(20(28)24-2)25(11-14-5-4-6-15(21)9-14)19(27)12-26(31(3,29)30)16-7-8-17(22)18(23)10-16/h4-10,13H,11-12H2,1-3H3,(H,24,28). The quantitative estimate of drug-likeness (QED) is 0.638. The lowest BCUT2D eigenvalue weighted by Crippen LogP contribution is -2.50. The Labute approximate surface area is 184 Å². The molecule has 0 bridgehead atoms. The van der Waals surface area contributed by atoms with Crippen LogP contribution in [0, 0.1) is 11.6 Å². The van der Waals surface area contributed by atoms with Crippen LogP contribution in [0.3, 0.4) is 0 Å². The molecule has 0 radical (unpaired) electrons. The number of carbonyl (C=O) groups excluding carboxylic acids is 2. The fourth-order valence-electron chi connectivity index (χ4n) is 2.88. The molecule has 0 fully saturated rings. The summed E-state index contributed by atoms with van der Waals surface area (Å²) in [5.41, 5.74) is 0.403. The number of amides is 2. The number of benzene rings is 2. The maximum Gasteiger partial charge on any atom is 0.244 e. The number of nitrogens with one attached hydrogen (secondary N) is 1. The van der Waals surface area contributed by atoms with Gasteiger partial charge in [-0.05, 0) is 36.8 Å². The van der Waals surface area contributed by atoms with Gasteiger partial charge in [-0.15, -0.1) is 0 Å². The number of hydrogen-bond acceptors (Lipinski definition) is 4. The molecule has 0 saturated carbocycles. The molecule has 0 spiro atoms. The van der Waals surface area contributed by atoms with Crippen molar-refractivity contribution in [3.8, 4) is 0 Å². The molecule has 0 aliphatic carbocycles. The van der Waals surface area contributed by atoms with E-state index in [9.17, 15) is 26.8 Å². The van der Waals surface area contributed by atoms with Gasteiger partial charge in [0.15, 0.2) is 11.6 Å². The van der Waals surface area contributed by atoms with E-state index in [1.165, 1.54) is 18.9 Å². The second kappa shape index (κ2) is 10.1. The zero-order valence-corrected chi connectivity index (χ0v) is 18.7. The summed E-state index contributed by atoms with van der Waals surface area (Å²) < 4.78 is 52.2. The fraction of sp³-hybridized carbons (Fsp3) is 0.300. The van der Waals surface area contributed by atoms with Gasteiger partial charge < -0.3 is 10.2 Å². The molecule has 1 N–H and O–H groups in total. The van der Waals surface area contributed by atoms with Crippen LogP contribution in [0.25, 0.3) is 0 Å². The van der Waals surface area contributed by atoms with Gasteiger partial charge in [0.05, 0.1) is 11.9 Å². The van der Waals surface area contributed by atoms with Gasteiger partial charge >= 0.3 is 0 Å². The summed E-state index contributed by atoms with van der Waals surface area (Å²) in [5, 5.41) is 2.87. The third kappa shape index (κ3) is 6.38. The number of hydrogen-bond donors (Lipinski definition) is 1. The average molecular weight is 474 g/mol. The van der Waals surface area contributed by atoms with E-state index in [2.05, 4.69) is 5.32 Å². The Balaban J connectivity index is 2.40. The summed E-state index contributed by atoms with van der Waals surface area (Å²) in [6.45, 7) is 0.749. The lowest BCUT2D eigenvalue weighted by molar-refractivity contribution is -0.139. The third-order valence-corrected chi connectivity index (χ3v) is 5.90. The molecule has 0 aliphatic rings. The first-order valence-corrected chi connectivity index (χ1v) is 11.3. The molecule has 0 heterocycles. The smallest absolute Gasteiger partial charge is 0.244 e. The molecule has 168 valence electrons. The molecule has 2 aromatic rings. The fourth-order valence-corrected chi connectivity index (χ4v) is 3.93. The second-order valence-electron chi connectivity index (χ2n) is 6.81. The Bertz CT molecular complexity index is 1080. The highest BCUT2D eigenvalue weighted by atomic mass is 35.5. The van der Waals surface area contributed by atoms with Crippen LogP contribution in [0.15, 0.2) is 42.5 Å². The van der Waals surface area contributed by atoms with E-state index < -0.39 is 46.1 Å². The highest BCUT2D eigenvalue weighted by molar-refractivity contribution is 7.92. The predicted octanol–water partition coefficient (Wildman–Crippen LogP) is 2.55. The molecule has 2 amide bonds. The number of sulfonamides is 1. The van der Waals surface area contributed by atoms with Gasteiger partial charge in [0.2, 0.25) is 21.8 Å². The molecular formula is C20H22ClF2N3O4S. The van der Waals surface area contributed by atoms with E-state index >= 15 is 0 Å². The van der Waals surface area contributed by atoms with Crippen molar-refractivity contribution < 1.29 is 26.8 Å². The Kier molecular flexibility index (Phi) is 7.96. The number of anilines is 1. The van der Waals surface area contributed by atoms with Gasteiger partial charge in [0, 0.05) is 24.7 Å². The minimum absolute atomic E-state index is 0.0244. The molecule has 1 atom stereocenters. The normalized spacial score (nSPS) is 12.2. The summed E-state index contributed by atoms with van der Waals surface area (Å²) in [5.74, 6) is -3.59. The van der Waals surface area contributed by atoms with Gasteiger partial charge in [-0.3, -0.25) is 13.9 Å². The zero-order chi connectivity index (χ0) is 23.3. The molecule has 0 saturated heterocycles. The van der Waals surface area contributed by atoms with Gasteiger partial charge in [-0.1, -0.05) is 23.7 Å². The van der Waals surface area contributed by atoms with Crippen LogP contribution in [0.4, 0.5) is 14.5 Å². The first-order chi connectivity index (χ1) is 14.4. The molecule has 31 heavy (non-hydrogen) atoms. The van der Waals surface area contributed by atoms with Crippen LogP contribution in [-0.4, -0.2) is 51.0 Å². The molecule has 1 unspecified atom stereocenters. The average Bonchev–Trinajstić information content (AvgIpc) is 2.70. The van der Waals surface area contributed by atoms with Crippen LogP contribution in [-0.2, 0) is 26.2 Å². The molecule has 2 aromatic carbocycles. The first kappa shape index (κ1) is 24.5. The molecule has 11 heteroatoms. The molecule has 7 nitrogen and oxygen atoms in total. The number of rotatable bonds is 8. The lowest BCUT2D eigenvalue weighted by atomic mass is 10.1. The van der Waals surface area contributed by atoms with Gasteiger partial charge in [-0.2, -0.15) is 0 Å².